The molecule has 2 rings (SSSR count). The van der Waals surface area contributed by atoms with Gasteiger partial charge in [0.05, 0.1) is 24.9 Å². The van der Waals surface area contributed by atoms with Crippen LogP contribution in [-0.2, 0) is 20.7 Å². The number of carbonyl (C=O) groups is 2. The molecule has 0 saturated carbocycles. The Morgan fingerprint density at radius 3 is 2.42 bits per heavy atom. The third-order valence-electron chi connectivity index (χ3n) is 4.70. The number of nitrogens with zero attached hydrogens (tertiary/aromatic N) is 2. The zero-order valence-electron chi connectivity index (χ0n) is 18.7. The third kappa shape index (κ3) is 9.55. The molecule has 1 aromatic heterocycles. The summed E-state index contributed by atoms with van der Waals surface area (Å²) in [6, 6.07) is 7.94. The largest absolute Gasteiger partial charge is 0.463 e. The van der Waals surface area contributed by atoms with Gasteiger partial charge in [-0.2, -0.15) is 0 Å². The third-order valence-corrected chi connectivity index (χ3v) is 4.70. The fourth-order valence-corrected chi connectivity index (χ4v) is 3.03. The Kier molecular flexibility index (Phi) is 10.4. The van der Waals surface area contributed by atoms with Gasteiger partial charge in [-0.25, -0.2) is 9.97 Å². The number of carbonyl (C=O) groups excluding carboxylic acids is 2. The van der Waals surface area contributed by atoms with Gasteiger partial charge in [0, 0.05) is 12.5 Å². The van der Waals surface area contributed by atoms with Gasteiger partial charge in [0.25, 0.3) is 0 Å². The van der Waals surface area contributed by atoms with Crippen molar-refractivity contribution in [3.63, 3.8) is 0 Å². The molecule has 0 bridgehead atoms. The van der Waals surface area contributed by atoms with Crippen molar-refractivity contribution in [1.82, 2.24) is 9.97 Å². The molecule has 1 atom stereocenters. The van der Waals surface area contributed by atoms with Crippen LogP contribution >= 0.6 is 0 Å². The van der Waals surface area contributed by atoms with E-state index in [0.29, 0.717) is 11.6 Å². The fourth-order valence-electron chi connectivity index (χ4n) is 3.03. The molecule has 2 aromatic rings. The monoisotopic (exact) mass is 424 g/mol. The lowest BCUT2D eigenvalue weighted by atomic mass is 10.1. The summed E-state index contributed by atoms with van der Waals surface area (Å²) in [5.41, 5.74) is 2.03. The van der Waals surface area contributed by atoms with E-state index in [1.165, 1.54) is 32.2 Å². The summed E-state index contributed by atoms with van der Waals surface area (Å²) >= 11 is 0. The predicted octanol–water partition coefficient (Wildman–Crippen LogP) is 5.46. The summed E-state index contributed by atoms with van der Waals surface area (Å²) < 4.78 is 10.4. The molecule has 31 heavy (non-hydrogen) atoms. The van der Waals surface area contributed by atoms with Gasteiger partial charge < -0.3 is 9.47 Å². The average molecular weight is 425 g/mol. The van der Waals surface area contributed by atoms with E-state index in [1.54, 1.807) is 0 Å². The van der Waals surface area contributed by atoms with Gasteiger partial charge in [0.15, 0.2) is 11.6 Å². The highest BCUT2D eigenvalue weighted by Crippen LogP contribution is 2.19. The second-order valence-corrected chi connectivity index (χ2v) is 7.54. The van der Waals surface area contributed by atoms with Crippen molar-refractivity contribution in [3.05, 3.63) is 54.4 Å². The normalized spacial score (nSPS) is 12.0. The Morgan fingerprint density at radius 2 is 1.77 bits per heavy atom. The van der Waals surface area contributed by atoms with E-state index in [-0.39, 0.29) is 24.5 Å². The SMILES string of the molecule is CCCCC/C=C\CC(=O)Oc1cnc(-c2ccc(CCC(C)OC(C)=O)cc2)nc1. The first-order valence-corrected chi connectivity index (χ1v) is 10.9. The van der Waals surface area contributed by atoms with E-state index < -0.39 is 0 Å². The minimum Gasteiger partial charge on any atom is -0.463 e. The van der Waals surface area contributed by atoms with Crippen molar-refractivity contribution in [1.29, 1.82) is 0 Å². The topological polar surface area (TPSA) is 78.4 Å². The summed E-state index contributed by atoms with van der Waals surface area (Å²) in [5, 5.41) is 0. The van der Waals surface area contributed by atoms with Crippen LogP contribution in [0.3, 0.4) is 0 Å². The minimum absolute atomic E-state index is 0.104. The Balaban J connectivity index is 1.81. The standard InChI is InChI=1S/C25H32N2O4/c1-4-5-6-7-8-9-10-24(29)31-23-17-26-25(27-18-23)22-15-13-21(14-16-22)12-11-19(2)30-20(3)28/h8-9,13-19H,4-7,10-12H2,1-3H3/b9-8-. The number of rotatable bonds is 12. The smallest absolute Gasteiger partial charge is 0.315 e. The highest BCUT2D eigenvalue weighted by molar-refractivity contribution is 5.73. The van der Waals surface area contributed by atoms with Crippen molar-refractivity contribution < 1.29 is 19.1 Å². The van der Waals surface area contributed by atoms with Gasteiger partial charge in [-0.15, -0.1) is 0 Å². The molecule has 0 aliphatic heterocycles. The number of aromatic nitrogens is 2. The molecule has 6 heteroatoms. The molecule has 0 aliphatic carbocycles. The maximum absolute atomic E-state index is 11.9. The van der Waals surface area contributed by atoms with Crippen LogP contribution < -0.4 is 4.74 Å². The molecule has 0 amide bonds. The molecule has 166 valence electrons. The fraction of sp³-hybridized carbons (Fsp3) is 0.440. The van der Waals surface area contributed by atoms with Gasteiger partial charge >= 0.3 is 11.9 Å². The van der Waals surface area contributed by atoms with Crippen LogP contribution in [0.25, 0.3) is 11.4 Å². The van der Waals surface area contributed by atoms with Gasteiger partial charge in [-0.1, -0.05) is 56.2 Å². The number of benzene rings is 1. The van der Waals surface area contributed by atoms with E-state index >= 15 is 0 Å². The summed E-state index contributed by atoms with van der Waals surface area (Å²) in [5.74, 6) is 0.322. The maximum Gasteiger partial charge on any atom is 0.315 e. The summed E-state index contributed by atoms with van der Waals surface area (Å²) in [6.45, 7) is 5.48. The van der Waals surface area contributed by atoms with Crippen molar-refractivity contribution in [2.75, 3.05) is 0 Å². The molecule has 1 aromatic carbocycles. The molecular weight excluding hydrogens is 392 g/mol. The van der Waals surface area contributed by atoms with Crippen molar-refractivity contribution in [2.45, 2.75) is 71.8 Å². The Bertz CT molecular complexity index is 845. The number of allylic oxidation sites excluding steroid dienone is 1. The molecule has 0 spiro atoms. The lowest BCUT2D eigenvalue weighted by Crippen LogP contribution is -2.12. The minimum atomic E-state index is -0.324. The van der Waals surface area contributed by atoms with E-state index in [9.17, 15) is 9.59 Å². The number of ether oxygens (including phenoxy) is 2. The van der Waals surface area contributed by atoms with Crippen LogP contribution in [0.15, 0.2) is 48.8 Å². The predicted molar refractivity (Wildman–Crippen MR) is 121 cm³/mol. The average Bonchev–Trinajstić information content (AvgIpc) is 2.75. The number of aryl methyl sites for hydroxylation is 1. The van der Waals surface area contributed by atoms with Crippen LogP contribution in [0.1, 0.15) is 64.9 Å². The van der Waals surface area contributed by atoms with E-state index in [2.05, 4.69) is 16.9 Å². The quantitative estimate of drug-likeness (QED) is 0.256. The van der Waals surface area contributed by atoms with Crippen molar-refractivity contribution in [2.24, 2.45) is 0 Å². The van der Waals surface area contributed by atoms with Crippen LogP contribution in [0.2, 0.25) is 0 Å². The van der Waals surface area contributed by atoms with Gasteiger partial charge in [-0.3, -0.25) is 9.59 Å². The Labute approximate surface area is 184 Å². The summed E-state index contributed by atoms with van der Waals surface area (Å²) in [6.07, 6.45) is 13.1. The van der Waals surface area contributed by atoms with Gasteiger partial charge in [0.2, 0.25) is 0 Å². The molecule has 0 radical (unpaired) electrons. The number of esters is 2. The Hall–Kier alpha value is -3.02. The number of hydrogen-bond donors (Lipinski definition) is 0. The first kappa shape index (κ1) is 24.3. The molecule has 0 fully saturated rings. The van der Waals surface area contributed by atoms with E-state index in [0.717, 1.165) is 36.8 Å². The van der Waals surface area contributed by atoms with Crippen molar-refractivity contribution >= 4 is 11.9 Å². The van der Waals surface area contributed by atoms with E-state index in [1.807, 2.05) is 43.3 Å². The van der Waals surface area contributed by atoms with E-state index in [4.69, 9.17) is 9.47 Å². The molecular formula is C25H32N2O4. The Morgan fingerprint density at radius 1 is 1.06 bits per heavy atom. The zero-order chi connectivity index (χ0) is 22.5. The zero-order valence-corrected chi connectivity index (χ0v) is 18.7. The highest BCUT2D eigenvalue weighted by atomic mass is 16.5. The molecule has 0 aliphatic rings. The molecule has 6 nitrogen and oxygen atoms in total. The molecule has 1 unspecified atom stereocenters. The highest BCUT2D eigenvalue weighted by Gasteiger charge is 2.08. The molecule has 0 saturated heterocycles. The molecule has 0 N–H and O–H groups in total. The van der Waals surface area contributed by atoms with Crippen LogP contribution in [-0.4, -0.2) is 28.0 Å². The van der Waals surface area contributed by atoms with Gasteiger partial charge in [-0.05, 0) is 38.2 Å². The maximum atomic E-state index is 11.9. The second-order valence-electron chi connectivity index (χ2n) is 7.54. The number of hydrogen-bond acceptors (Lipinski definition) is 6. The van der Waals surface area contributed by atoms with Gasteiger partial charge in [0.1, 0.15) is 0 Å². The van der Waals surface area contributed by atoms with Crippen molar-refractivity contribution in [3.8, 4) is 17.1 Å². The van der Waals surface area contributed by atoms with Crippen LogP contribution in [0.5, 0.6) is 5.75 Å². The molecule has 1 heterocycles. The lowest BCUT2D eigenvalue weighted by molar-refractivity contribution is -0.145. The summed E-state index contributed by atoms with van der Waals surface area (Å²) in [4.78, 5) is 31.5. The van der Waals surface area contributed by atoms with Crippen LogP contribution in [0, 0.1) is 0 Å². The first-order valence-electron chi connectivity index (χ1n) is 10.9. The lowest BCUT2D eigenvalue weighted by Gasteiger charge is -2.11. The van der Waals surface area contributed by atoms with Crippen LogP contribution in [0.4, 0.5) is 0 Å². The summed E-state index contributed by atoms with van der Waals surface area (Å²) in [7, 11) is 0. The number of unbranched alkanes of at least 4 members (excludes halogenated alkanes) is 3. The first-order chi connectivity index (χ1) is 15.0. The second kappa shape index (κ2) is 13.3.